The molecular weight excluding hydrogens is 250 g/mol. The van der Waals surface area contributed by atoms with Crippen LogP contribution in [0.25, 0.3) is 11.1 Å². The van der Waals surface area contributed by atoms with Crippen molar-refractivity contribution < 1.29 is 9.52 Å². The van der Waals surface area contributed by atoms with Crippen LogP contribution in [-0.2, 0) is 6.42 Å². The Morgan fingerprint density at radius 3 is 2.50 bits per heavy atom. The van der Waals surface area contributed by atoms with Crippen molar-refractivity contribution in [3.05, 3.63) is 24.1 Å². The second-order valence-corrected chi connectivity index (χ2v) is 5.61. The molecular formula is C17H25NO2. The van der Waals surface area contributed by atoms with E-state index in [2.05, 4.69) is 18.8 Å². The highest BCUT2D eigenvalue weighted by atomic mass is 16.3. The average Bonchev–Trinajstić information content (AvgIpc) is 2.83. The van der Waals surface area contributed by atoms with E-state index in [1.54, 1.807) is 12.1 Å². The Kier molecular flexibility index (Phi) is 5.45. The zero-order chi connectivity index (χ0) is 14.4. The second-order valence-electron chi connectivity index (χ2n) is 5.61. The van der Waals surface area contributed by atoms with E-state index in [1.807, 2.05) is 6.07 Å². The maximum absolute atomic E-state index is 9.47. The van der Waals surface area contributed by atoms with E-state index in [9.17, 15) is 5.11 Å². The zero-order valence-electron chi connectivity index (χ0n) is 12.6. The Bertz CT molecular complexity index is 525. The van der Waals surface area contributed by atoms with Gasteiger partial charge in [-0.15, -0.1) is 0 Å². The minimum absolute atomic E-state index is 0.230. The van der Waals surface area contributed by atoms with Gasteiger partial charge in [-0.25, -0.2) is 4.98 Å². The number of benzene rings is 1. The minimum Gasteiger partial charge on any atom is -0.508 e. The second kappa shape index (κ2) is 7.32. The molecule has 0 fully saturated rings. The van der Waals surface area contributed by atoms with Crippen LogP contribution in [0.2, 0.25) is 0 Å². The fraction of sp³-hybridized carbons (Fsp3) is 0.588. The van der Waals surface area contributed by atoms with Gasteiger partial charge in [0.25, 0.3) is 0 Å². The molecule has 0 bridgehead atoms. The summed E-state index contributed by atoms with van der Waals surface area (Å²) in [6.45, 7) is 4.47. The first-order valence-electron chi connectivity index (χ1n) is 7.81. The van der Waals surface area contributed by atoms with Crippen molar-refractivity contribution in [2.24, 2.45) is 5.92 Å². The van der Waals surface area contributed by atoms with E-state index in [0.717, 1.165) is 17.8 Å². The summed E-state index contributed by atoms with van der Waals surface area (Å²) >= 11 is 0. The molecule has 0 atom stereocenters. The van der Waals surface area contributed by atoms with Crippen molar-refractivity contribution in [2.45, 2.75) is 58.8 Å². The lowest BCUT2D eigenvalue weighted by atomic mass is 9.93. The maximum Gasteiger partial charge on any atom is 0.195 e. The van der Waals surface area contributed by atoms with Crippen LogP contribution < -0.4 is 0 Å². The van der Waals surface area contributed by atoms with Gasteiger partial charge in [-0.1, -0.05) is 39.5 Å². The number of hydrogen-bond donors (Lipinski definition) is 1. The maximum atomic E-state index is 9.47. The summed E-state index contributed by atoms with van der Waals surface area (Å²) in [7, 11) is 0. The topological polar surface area (TPSA) is 46.3 Å². The van der Waals surface area contributed by atoms with Gasteiger partial charge < -0.3 is 9.52 Å². The molecule has 1 aromatic carbocycles. The lowest BCUT2D eigenvalue weighted by Gasteiger charge is -2.13. The van der Waals surface area contributed by atoms with Crippen molar-refractivity contribution in [2.75, 3.05) is 0 Å². The van der Waals surface area contributed by atoms with Gasteiger partial charge in [-0.2, -0.15) is 0 Å². The predicted molar refractivity (Wildman–Crippen MR) is 81.9 cm³/mol. The van der Waals surface area contributed by atoms with Crippen LogP contribution in [0.5, 0.6) is 5.75 Å². The smallest absolute Gasteiger partial charge is 0.195 e. The minimum atomic E-state index is 0.230. The zero-order valence-corrected chi connectivity index (χ0v) is 12.6. The fourth-order valence-corrected chi connectivity index (χ4v) is 2.63. The first-order chi connectivity index (χ1) is 9.72. The Hall–Kier alpha value is -1.51. The lowest BCUT2D eigenvalue weighted by Crippen LogP contribution is -2.05. The molecule has 20 heavy (non-hydrogen) atoms. The Labute approximate surface area is 121 Å². The highest BCUT2D eigenvalue weighted by Gasteiger charge is 2.14. The summed E-state index contributed by atoms with van der Waals surface area (Å²) in [6.07, 6.45) is 8.44. The number of oxazole rings is 1. The molecule has 0 amide bonds. The standard InChI is InChI=1S/C17H25NO2/c1-3-5-7-13(8-6-4-2)11-17-18-15-10-9-14(19)12-16(15)20-17/h9-10,12-13,19H,3-8,11H2,1-2H3. The van der Waals surface area contributed by atoms with Gasteiger partial charge >= 0.3 is 0 Å². The summed E-state index contributed by atoms with van der Waals surface area (Å²) in [5, 5.41) is 9.47. The number of nitrogens with zero attached hydrogens (tertiary/aromatic N) is 1. The van der Waals surface area contributed by atoms with Crippen LogP contribution in [0.1, 0.15) is 58.3 Å². The molecule has 1 heterocycles. The van der Waals surface area contributed by atoms with Crippen molar-refractivity contribution in [1.29, 1.82) is 0 Å². The van der Waals surface area contributed by atoms with Crippen molar-refractivity contribution >= 4 is 11.1 Å². The van der Waals surface area contributed by atoms with Crippen LogP contribution in [0.15, 0.2) is 22.6 Å². The normalized spacial score (nSPS) is 11.6. The van der Waals surface area contributed by atoms with E-state index >= 15 is 0 Å². The van der Waals surface area contributed by atoms with Gasteiger partial charge in [0.05, 0.1) is 0 Å². The van der Waals surface area contributed by atoms with Crippen LogP contribution in [0, 0.1) is 5.92 Å². The third-order valence-electron chi connectivity index (χ3n) is 3.81. The third-order valence-corrected chi connectivity index (χ3v) is 3.81. The molecule has 2 aromatic rings. The van der Waals surface area contributed by atoms with Gasteiger partial charge in [-0.3, -0.25) is 0 Å². The molecule has 0 spiro atoms. The molecule has 0 aliphatic carbocycles. The Morgan fingerprint density at radius 1 is 1.15 bits per heavy atom. The van der Waals surface area contributed by atoms with Crippen LogP contribution in [-0.4, -0.2) is 10.1 Å². The summed E-state index contributed by atoms with van der Waals surface area (Å²) in [4.78, 5) is 4.53. The number of fused-ring (bicyclic) bond motifs is 1. The average molecular weight is 275 g/mol. The first kappa shape index (κ1) is 14.9. The van der Waals surface area contributed by atoms with Crippen molar-refractivity contribution in [3.8, 4) is 5.75 Å². The quantitative estimate of drug-likeness (QED) is 0.731. The first-order valence-corrected chi connectivity index (χ1v) is 7.81. The number of rotatable bonds is 8. The summed E-state index contributed by atoms with van der Waals surface area (Å²) in [5.74, 6) is 1.70. The molecule has 0 unspecified atom stereocenters. The van der Waals surface area contributed by atoms with Crippen molar-refractivity contribution in [1.82, 2.24) is 4.98 Å². The molecule has 0 saturated heterocycles. The van der Waals surface area contributed by atoms with E-state index < -0.39 is 0 Å². The highest BCUT2D eigenvalue weighted by molar-refractivity contribution is 5.74. The molecule has 110 valence electrons. The number of phenols is 1. The van der Waals surface area contributed by atoms with E-state index in [0.29, 0.717) is 11.5 Å². The largest absolute Gasteiger partial charge is 0.508 e. The molecule has 3 heteroatoms. The third kappa shape index (κ3) is 3.99. The molecule has 2 rings (SSSR count). The Balaban J connectivity index is 2.06. The van der Waals surface area contributed by atoms with Crippen LogP contribution in [0.3, 0.4) is 0 Å². The Morgan fingerprint density at radius 2 is 1.85 bits per heavy atom. The number of aromatic hydroxyl groups is 1. The van der Waals surface area contributed by atoms with Gasteiger partial charge in [0.2, 0.25) is 0 Å². The highest BCUT2D eigenvalue weighted by Crippen LogP contribution is 2.25. The molecule has 1 aromatic heterocycles. The number of phenolic OH excluding ortho intramolecular Hbond substituents is 1. The van der Waals surface area contributed by atoms with Crippen LogP contribution in [0.4, 0.5) is 0 Å². The van der Waals surface area contributed by atoms with Gasteiger partial charge in [0.1, 0.15) is 11.3 Å². The molecule has 1 N–H and O–H groups in total. The van der Waals surface area contributed by atoms with Gasteiger partial charge in [-0.05, 0) is 30.9 Å². The molecule has 0 aliphatic heterocycles. The van der Waals surface area contributed by atoms with E-state index in [4.69, 9.17) is 4.42 Å². The summed E-state index contributed by atoms with van der Waals surface area (Å²) < 4.78 is 5.77. The van der Waals surface area contributed by atoms with Crippen LogP contribution >= 0.6 is 0 Å². The molecule has 3 nitrogen and oxygen atoms in total. The lowest BCUT2D eigenvalue weighted by molar-refractivity contribution is 0.378. The van der Waals surface area contributed by atoms with Gasteiger partial charge in [0, 0.05) is 12.5 Å². The summed E-state index contributed by atoms with van der Waals surface area (Å²) in [5.41, 5.74) is 1.52. The number of unbranched alkanes of at least 4 members (excludes halogenated alkanes) is 2. The summed E-state index contributed by atoms with van der Waals surface area (Å²) in [6, 6.07) is 5.10. The number of aromatic nitrogens is 1. The molecule has 0 radical (unpaired) electrons. The molecule has 0 aliphatic rings. The monoisotopic (exact) mass is 275 g/mol. The SMILES string of the molecule is CCCCC(CCCC)Cc1nc2ccc(O)cc2o1. The fourth-order valence-electron chi connectivity index (χ4n) is 2.63. The number of hydrogen-bond acceptors (Lipinski definition) is 3. The van der Waals surface area contributed by atoms with E-state index in [-0.39, 0.29) is 5.75 Å². The van der Waals surface area contributed by atoms with E-state index in [1.165, 1.54) is 38.5 Å². The predicted octanol–water partition coefficient (Wildman–Crippen LogP) is 5.07. The van der Waals surface area contributed by atoms with Gasteiger partial charge in [0.15, 0.2) is 11.5 Å². The van der Waals surface area contributed by atoms with Crippen molar-refractivity contribution in [3.63, 3.8) is 0 Å². The molecule has 0 saturated carbocycles.